The molecule has 1 unspecified atom stereocenters. The normalized spacial score (nSPS) is 11.9. The van der Waals surface area contributed by atoms with Crippen LogP contribution in [-0.4, -0.2) is 5.78 Å². The summed E-state index contributed by atoms with van der Waals surface area (Å²) in [7, 11) is 0. The Bertz CT molecular complexity index is 650. The summed E-state index contributed by atoms with van der Waals surface area (Å²) in [6.07, 6.45) is 0. The third kappa shape index (κ3) is 2.68. The highest BCUT2D eigenvalue weighted by molar-refractivity contribution is 6.00. The maximum Gasteiger partial charge on any atom is 0.219 e. The molecule has 0 amide bonds. The van der Waals surface area contributed by atoms with Crippen molar-refractivity contribution in [2.45, 2.75) is 12.8 Å². The number of aryl methyl sites for hydroxylation is 1. The van der Waals surface area contributed by atoms with Crippen molar-refractivity contribution in [3.63, 3.8) is 0 Å². The number of carbonyl (C=O) groups excluding carboxylic acids is 1. The van der Waals surface area contributed by atoms with E-state index in [-0.39, 0.29) is 11.3 Å². The third-order valence-electron chi connectivity index (χ3n) is 2.59. The number of halogens is 2. The van der Waals surface area contributed by atoms with Gasteiger partial charge in [0.15, 0.2) is 5.76 Å². The second-order valence-electron chi connectivity index (χ2n) is 4.04. The van der Waals surface area contributed by atoms with E-state index in [1.165, 1.54) is 6.07 Å². The highest BCUT2D eigenvalue weighted by Gasteiger charge is 2.25. The molecule has 96 valence electrons. The molecule has 5 heteroatoms. The summed E-state index contributed by atoms with van der Waals surface area (Å²) in [4.78, 5) is 12.1. The van der Waals surface area contributed by atoms with Crippen molar-refractivity contribution in [2.24, 2.45) is 0 Å². The Morgan fingerprint density at radius 2 is 1.89 bits per heavy atom. The first-order chi connectivity index (χ1) is 9.01. The maximum atomic E-state index is 13.1. The lowest BCUT2D eigenvalue weighted by Crippen LogP contribution is -2.11. The van der Waals surface area contributed by atoms with Gasteiger partial charge in [-0.2, -0.15) is 5.26 Å². The minimum Gasteiger partial charge on any atom is -0.458 e. The predicted octanol–water partition coefficient (Wildman–Crippen LogP) is 3.36. The van der Waals surface area contributed by atoms with E-state index < -0.39 is 23.3 Å². The number of furan rings is 1. The Hall–Kier alpha value is -2.48. The van der Waals surface area contributed by atoms with Gasteiger partial charge in [0.25, 0.3) is 0 Å². The van der Waals surface area contributed by atoms with Crippen LogP contribution in [0.1, 0.15) is 27.8 Å². The number of nitrogens with zero attached hydrogens (tertiary/aromatic N) is 1. The molecule has 0 aliphatic rings. The van der Waals surface area contributed by atoms with E-state index >= 15 is 0 Å². The van der Waals surface area contributed by atoms with Gasteiger partial charge >= 0.3 is 0 Å². The Kier molecular flexibility index (Phi) is 3.43. The van der Waals surface area contributed by atoms with Crippen molar-refractivity contribution < 1.29 is 18.0 Å². The van der Waals surface area contributed by atoms with Gasteiger partial charge in [-0.15, -0.1) is 0 Å². The van der Waals surface area contributed by atoms with Crippen molar-refractivity contribution in [1.82, 2.24) is 0 Å². The van der Waals surface area contributed by atoms with Gasteiger partial charge in [0.2, 0.25) is 5.78 Å². The monoisotopic (exact) mass is 261 g/mol. The van der Waals surface area contributed by atoms with E-state index in [1.807, 2.05) is 0 Å². The largest absolute Gasteiger partial charge is 0.458 e. The van der Waals surface area contributed by atoms with Crippen molar-refractivity contribution in [3.05, 3.63) is 59.1 Å². The quantitative estimate of drug-likeness (QED) is 0.796. The van der Waals surface area contributed by atoms with Crippen molar-refractivity contribution in [1.29, 1.82) is 5.26 Å². The van der Waals surface area contributed by atoms with Crippen LogP contribution in [0.5, 0.6) is 0 Å². The molecular weight excluding hydrogens is 252 g/mol. The first-order valence-corrected chi connectivity index (χ1v) is 5.47. The number of hydrogen-bond donors (Lipinski definition) is 0. The summed E-state index contributed by atoms with van der Waals surface area (Å²) in [5.41, 5.74) is -0.0287. The highest BCUT2D eigenvalue weighted by Crippen LogP contribution is 2.23. The number of hydrogen-bond acceptors (Lipinski definition) is 3. The molecule has 1 aromatic heterocycles. The first kappa shape index (κ1) is 13.0. The highest BCUT2D eigenvalue weighted by atomic mass is 19.1. The molecule has 0 saturated heterocycles. The summed E-state index contributed by atoms with van der Waals surface area (Å²) in [6, 6.07) is 7.35. The summed E-state index contributed by atoms with van der Waals surface area (Å²) < 4.78 is 31.3. The first-order valence-electron chi connectivity index (χ1n) is 5.47. The van der Waals surface area contributed by atoms with Crippen molar-refractivity contribution >= 4 is 5.78 Å². The molecule has 0 fully saturated rings. The molecule has 0 spiro atoms. The SMILES string of the molecule is Cc1ccc(C(=O)C(C#N)c2cc(F)cc(F)c2)o1. The van der Waals surface area contributed by atoms with Gasteiger partial charge in [-0.3, -0.25) is 4.79 Å². The molecule has 0 aliphatic heterocycles. The summed E-state index contributed by atoms with van der Waals surface area (Å²) in [6.45, 7) is 1.65. The van der Waals surface area contributed by atoms with Crippen LogP contribution in [0.4, 0.5) is 8.78 Å². The zero-order valence-corrected chi connectivity index (χ0v) is 9.98. The number of rotatable bonds is 3. The number of ketones is 1. The Morgan fingerprint density at radius 1 is 1.26 bits per heavy atom. The van der Waals surface area contributed by atoms with E-state index in [0.29, 0.717) is 11.8 Å². The lowest BCUT2D eigenvalue weighted by Gasteiger charge is -2.07. The van der Waals surface area contributed by atoms with Gasteiger partial charge in [-0.25, -0.2) is 8.78 Å². The van der Waals surface area contributed by atoms with Crippen LogP contribution >= 0.6 is 0 Å². The van der Waals surface area contributed by atoms with E-state index in [0.717, 1.165) is 12.1 Å². The Balaban J connectivity index is 2.40. The van der Waals surface area contributed by atoms with Gasteiger partial charge < -0.3 is 4.42 Å². The van der Waals surface area contributed by atoms with E-state index in [1.54, 1.807) is 19.1 Å². The van der Waals surface area contributed by atoms with Crippen molar-refractivity contribution in [3.8, 4) is 6.07 Å². The Morgan fingerprint density at radius 3 is 2.37 bits per heavy atom. The van der Waals surface area contributed by atoms with Crippen LogP contribution in [0, 0.1) is 29.9 Å². The van der Waals surface area contributed by atoms with Gasteiger partial charge in [0.05, 0.1) is 6.07 Å². The Labute approximate surface area is 108 Å². The second-order valence-corrected chi connectivity index (χ2v) is 4.04. The van der Waals surface area contributed by atoms with Gasteiger partial charge in [0.1, 0.15) is 23.3 Å². The van der Waals surface area contributed by atoms with Crippen LogP contribution < -0.4 is 0 Å². The van der Waals surface area contributed by atoms with E-state index in [9.17, 15) is 13.6 Å². The molecule has 19 heavy (non-hydrogen) atoms. The molecular formula is C14H9F2NO2. The van der Waals surface area contributed by atoms with Gasteiger partial charge in [-0.1, -0.05) is 0 Å². The van der Waals surface area contributed by atoms with Crippen LogP contribution in [0.15, 0.2) is 34.7 Å². The van der Waals surface area contributed by atoms with Crippen LogP contribution in [0.3, 0.4) is 0 Å². The molecule has 0 saturated carbocycles. The standard InChI is InChI=1S/C14H9F2NO2/c1-8-2-3-13(19-8)14(18)12(7-17)9-4-10(15)6-11(16)5-9/h2-6,12H,1H3. The van der Waals surface area contributed by atoms with Gasteiger partial charge in [-0.05, 0) is 36.8 Å². The lowest BCUT2D eigenvalue weighted by molar-refractivity contribution is 0.0950. The lowest BCUT2D eigenvalue weighted by atomic mass is 9.94. The van der Waals surface area contributed by atoms with Crippen LogP contribution in [0.25, 0.3) is 0 Å². The molecule has 1 heterocycles. The topological polar surface area (TPSA) is 54.0 Å². The average molecular weight is 261 g/mol. The number of benzene rings is 1. The minimum absolute atomic E-state index is 0.00582. The summed E-state index contributed by atoms with van der Waals surface area (Å²) in [5.74, 6) is -3.08. The smallest absolute Gasteiger partial charge is 0.219 e. The number of nitriles is 1. The molecule has 0 bridgehead atoms. The van der Waals surface area contributed by atoms with E-state index in [2.05, 4.69) is 0 Å². The zero-order chi connectivity index (χ0) is 14.0. The fourth-order valence-corrected chi connectivity index (χ4v) is 1.74. The summed E-state index contributed by atoms with van der Waals surface area (Å²) >= 11 is 0. The predicted molar refractivity (Wildman–Crippen MR) is 62.5 cm³/mol. The maximum absolute atomic E-state index is 13.1. The third-order valence-corrected chi connectivity index (χ3v) is 2.59. The molecule has 0 radical (unpaired) electrons. The fourth-order valence-electron chi connectivity index (χ4n) is 1.74. The molecule has 2 rings (SSSR count). The fraction of sp³-hybridized carbons (Fsp3) is 0.143. The summed E-state index contributed by atoms with van der Waals surface area (Å²) in [5, 5.41) is 9.04. The van der Waals surface area contributed by atoms with Gasteiger partial charge in [0, 0.05) is 6.07 Å². The number of carbonyl (C=O) groups is 1. The van der Waals surface area contributed by atoms with Crippen LogP contribution in [0.2, 0.25) is 0 Å². The number of Topliss-reactive ketones (excluding diaryl/α,β-unsaturated/α-hetero) is 1. The van der Waals surface area contributed by atoms with Crippen LogP contribution in [-0.2, 0) is 0 Å². The molecule has 1 aromatic carbocycles. The zero-order valence-electron chi connectivity index (χ0n) is 9.98. The molecule has 1 atom stereocenters. The molecule has 3 nitrogen and oxygen atoms in total. The molecule has 0 N–H and O–H groups in total. The second kappa shape index (κ2) is 5.02. The minimum atomic E-state index is -1.30. The van der Waals surface area contributed by atoms with E-state index in [4.69, 9.17) is 9.68 Å². The molecule has 2 aromatic rings. The van der Waals surface area contributed by atoms with Crippen molar-refractivity contribution in [2.75, 3.05) is 0 Å². The average Bonchev–Trinajstić information content (AvgIpc) is 2.75. The molecule has 0 aliphatic carbocycles.